The highest BCUT2D eigenvalue weighted by Gasteiger charge is 2.17. The highest BCUT2D eigenvalue weighted by Crippen LogP contribution is 2.28. The summed E-state index contributed by atoms with van der Waals surface area (Å²) in [6.07, 6.45) is 0.182. The smallest absolute Gasteiger partial charge is 0.412 e. The quantitative estimate of drug-likeness (QED) is 0.817. The van der Waals surface area contributed by atoms with Crippen molar-refractivity contribution in [3.8, 4) is 5.75 Å². The Labute approximate surface area is 124 Å². The number of halogens is 1. The van der Waals surface area contributed by atoms with E-state index in [4.69, 9.17) is 26.8 Å². The SMILES string of the molecule is CC(C)(C)OC(=O)Nc1ccc(Cl)cc1OCCCN. The van der Waals surface area contributed by atoms with E-state index in [1.807, 2.05) is 0 Å². The van der Waals surface area contributed by atoms with Crippen molar-refractivity contribution in [1.29, 1.82) is 0 Å². The minimum Gasteiger partial charge on any atom is -0.491 e. The lowest BCUT2D eigenvalue weighted by Gasteiger charge is -2.20. The molecule has 0 spiro atoms. The molecule has 112 valence electrons. The lowest BCUT2D eigenvalue weighted by molar-refractivity contribution is 0.0635. The van der Waals surface area contributed by atoms with Crippen LogP contribution in [0.5, 0.6) is 5.75 Å². The Morgan fingerprint density at radius 3 is 2.70 bits per heavy atom. The zero-order chi connectivity index (χ0) is 15.2. The number of nitrogens with two attached hydrogens (primary N) is 1. The summed E-state index contributed by atoms with van der Waals surface area (Å²) in [5.41, 5.74) is 5.37. The fourth-order valence-electron chi connectivity index (χ4n) is 1.40. The molecule has 1 rings (SSSR count). The number of ether oxygens (including phenoxy) is 2. The third kappa shape index (κ3) is 6.12. The van der Waals surface area contributed by atoms with Crippen molar-refractivity contribution >= 4 is 23.4 Å². The number of carbonyl (C=O) groups excluding carboxylic acids is 1. The van der Waals surface area contributed by atoms with Crippen LogP contribution in [0, 0.1) is 0 Å². The zero-order valence-electron chi connectivity index (χ0n) is 12.0. The molecule has 1 aromatic rings. The van der Waals surface area contributed by atoms with Gasteiger partial charge in [-0.3, -0.25) is 5.32 Å². The number of hydrogen-bond acceptors (Lipinski definition) is 4. The van der Waals surface area contributed by atoms with E-state index in [0.717, 1.165) is 6.42 Å². The van der Waals surface area contributed by atoms with Gasteiger partial charge < -0.3 is 15.2 Å². The van der Waals surface area contributed by atoms with Crippen molar-refractivity contribution in [2.75, 3.05) is 18.5 Å². The van der Waals surface area contributed by atoms with Crippen LogP contribution in [0.1, 0.15) is 27.2 Å². The fourth-order valence-corrected chi connectivity index (χ4v) is 1.56. The number of rotatable bonds is 5. The van der Waals surface area contributed by atoms with Gasteiger partial charge in [0.25, 0.3) is 0 Å². The van der Waals surface area contributed by atoms with E-state index in [9.17, 15) is 4.79 Å². The van der Waals surface area contributed by atoms with E-state index in [2.05, 4.69) is 5.32 Å². The van der Waals surface area contributed by atoms with Gasteiger partial charge in [-0.05, 0) is 45.9 Å². The Morgan fingerprint density at radius 1 is 1.40 bits per heavy atom. The van der Waals surface area contributed by atoms with Crippen molar-refractivity contribution in [2.45, 2.75) is 32.8 Å². The van der Waals surface area contributed by atoms with Crippen LogP contribution in [0.3, 0.4) is 0 Å². The Balaban J connectivity index is 2.75. The monoisotopic (exact) mass is 300 g/mol. The van der Waals surface area contributed by atoms with E-state index in [1.54, 1.807) is 39.0 Å². The van der Waals surface area contributed by atoms with E-state index >= 15 is 0 Å². The molecule has 0 aliphatic carbocycles. The summed E-state index contributed by atoms with van der Waals surface area (Å²) >= 11 is 5.92. The van der Waals surface area contributed by atoms with Crippen LogP contribution in [0.4, 0.5) is 10.5 Å². The van der Waals surface area contributed by atoms with E-state index < -0.39 is 11.7 Å². The summed E-state index contributed by atoms with van der Waals surface area (Å²) in [5, 5.41) is 3.18. The van der Waals surface area contributed by atoms with Crippen molar-refractivity contribution in [1.82, 2.24) is 0 Å². The first-order chi connectivity index (χ1) is 9.31. The topological polar surface area (TPSA) is 73.6 Å². The second-order valence-electron chi connectivity index (χ2n) is 5.26. The molecule has 0 saturated heterocycles. The molecule has 0 bridgehead atoms. The van der Waals surface area contributed by atoms with Gasteiger partial charge in [-0.2, -0.15) is 0 Å². The average molecular weight is 301 g/mol. The molecule has 0 heterocycles. The number of nitrogens with one attached hydrogen (secondary N) is 1. The van der Waals surface area contributed by atoms with Crippen molar-refractivity contribution < 1.29 is 14.3 Å². The van der Waals surface area contributed by atoms with E-state index in [0.29, 0.717) is 29.6 Å². The van der Waals surface area contributed by atoms with Gasteiger partial charge in [-0.15, -0.1) is 0 Å². The molecule has 1 aromatic carbocycles. The van der Waals surface area contributed by atoms with Crippen LogP contribution < -0.4 is 15.8 Å². The molecule has 0 aliphatic heterocycles. The van der Waals surface area contributed by atoms with Crippen LogP contribution in [0.2, 0.25) is 5.02 Å². The first kappa shape index (κ1) is 16.6. The summed E-state index contributed by atoms with van der Waals surface area (Å²) in [6.45, 7) is 6.39. The molecule has 3 N–H and O–H groups in total. The van der Waals surface area contributed by atoms with Gasteiger partial charge in [0.15, 0.2) is 0 Å². The van der Waals surface area contributed by atoms with E-state index in [-0.39, 0.29) is 0 Å². The third-order valence-corrected chi connectivity index (χ3v) is 2.42. The Hall–Kier alpha value is -1.46. The van der Waals surface area contributed by atoms with Crippen LogP contribution in [0.25, 0.3) is 0 Å². The predicted molar refractivity (Wildman–Crippen MR) is 80.5 cm³/mol. The second-order valence-corrected chi connectivity index (χ2v) is 5.69. The van der Waals surface area contributed by atoms with Crippen molar-refractivity contribution in [3.63, 3.8) is 0 Å². The normalized spacial score (nSPS) is 11.1. The highest BCUT2D eigenvalue weighted by molar-refractivity contribution is 6.30. The first-order valence-corrected chi connectivity index (χ1v) is 6.82. The summed E-state index contributed by atoms with van der Waals surface area (Å²) in [4.78, 5) is 11.8. The van der Waals surface area contributed by atoms with Gasteiger partial charge in [0.05, 0.1) is 12.3 Å². The molecule has 0 aliphatic rings. The zero-order valence-corrected chi connectivity index (χ0v) is 12.8. The molecule has 20 heavy (non-hydrogen) atoms. The molecule has 0 saturated carbocycles. The number of benzene rings is 1. The van der Waals surface area contributed by atoms with Gasteiger partial charge >= 0.3 is 6.09 Å². The van der Waals surface area contributed by atoms with Gasteiger partial charge in [-0.25, -0.2) is 4.79 Å². The number of hydrogen-bond donors (Lipinski definition) is 2. The Kier molecular flexibility index (Phi) is 6.10. The molecule has 0 aromatic heterocycles. The fraction of sp³-hybridized carbons (Fsp3) is 0.500. The molecule has 0 atom stereocenters. The van der Waals surface area contributed by atoms with Gasteiger partial charge in [0.1, 0.15) is 11.4 Å². The Morgan fingerprint density at radius 2 is 2.10 bits per heavy atom. The van der Waals surface area contributed by atoms with Crippen molar-refractivity contribution in [3.05, 3.63) is 23.2 Å². The van der Waals surface area contributed by atoms with Gasteiger partial charge in [0, 0.05) is 11.1 Å². The molecule has 5 nitrogen and oxygen atoms in total. The predicted octanol–water partition coefficient (Wildman–Crippen LogP) is 3.41. The van der Waals surface area contributed by atoms with Gasteiger partial charge in [0.2, 0.25) is 0 Å². The minimum absolute atomic E-state index is 0.458. The molecule has 1 amide bonds. The van der Waals surface area contributed by atoms with Crippen LogP contribution in [-0.2, 0) is 4.74 Å². The molecular weight excluding hydrogens is 280 g/mol. The van der Waals surface area contributed by atoms with Crippen molar-refractivity contribution in [2.24, 2.45) is 5.73 Å². The maximum absolute atomic E-state index is 11.8. The van der Waals surface area contributed by atoms with Crippen LogP contribution in [0.15, 0.2) is 18.2 Å². The lowest BCUT2D eigenvalue weighted by Crippen LogP contribution is -2.27. The maximum Gasteiger partial charge on any atom is 0.412 e. The van der Waals surface area contributed by atoms with Gasteiger partial charge in [-0.1, -0.05) is 11.6 Å². The number of amides is 1. The minimum atomic E-state index is -0.558. The largest absolute Gasteiger partial charge is 0.491 e. The summed E-state index contributed by atoms with van der Waals surface area (Å²) in [5.74, 6) is 0.497. The molecule has 0 radical (unpaired) electrons. The molecule has 6 heteroatoms. The summed E-state index contributed by atoms with van der Waals surface area (Å²) in [6, 6.07) is 4.98. The lowest BCUT2D eigenvalue weighted by atomic mass is 10.2. The standard InChI is InChI=1S/C14H21ClN2O3/c1-14(2,3)20-13(18)17-11-6-5-10(15)9-12(11)19-8-4-7-16/h5-6,9H,4,7-8,16H2,1-3H3,(H,17,18). The first-order valence-electron chi connectivity index (χ1n) is 6.44. The Bertz CT molecular complexity index is 458. The third-order valence-electron chi connectivity index (χ3n) is 2.19. The maximum atomic E-state index is 11.8. The van der Waals surface area contributed by atoms with Crippen LogP contribution in [-0.4, -0.2) is 24.8 Å². The molecule has 0 unspecified atom stereocenters. The molecular formula is C14H21ClN2O3. The highest BCUT2D eigenvalue weighted by atomic mass is 35.5. The van der Waals surface area contributed by atoms with E-state index in [1.165, 1.54) is 0 Å². The van der Waals surface area contributed by atoms with Crippen LogP contribution >= 0.6 is 11.6 Å². The number of carbonyl (C=O) groups is 1. The summed E-state index contributed by atoms with van der Waals surface area (Å²) < 4.78 is 10.7. The second kappa shape index (κ2) is 7.36. The number of anilines is 1. The average Bonchev–Trinajstić information content (AvgIpc) is 2.30. The molecule has 0 fully saturated rings. The summed E-state index contributed by atoms with van der Waals surface area (Å²) in [7, 11) is 0.